The molecule has 70 valence electrons. The van der Waals surface area contributed by atoms with Gasteiger partial charge >= 0.3 is 0 Å². The first-order chi connectivity index (χ1) is 5.81. The fourth-order valence-electron chi connectivity index (χ4n) is 0.573. The van der Waals surface area contributed by atoms with E-state index in [-0.39, 0.29) is 5.78 Å². The maximum Gasteiger partial charge on any atom is 0.155 e. The topological polar surface area (TPSA) is 43.1 Å². The second-order valence-electron chi connectivity index (χ2n) is 2.21. The number of nitrogens with two attached hydrogens (primary N) is 1. The first-order valence-electron chi connectivity index (χ1n) is 3.91. The summed E-state index contributed by atoms with van der Waals surface area (Å²) >= 11 is 0. The van der Waals surface area contributed by atoms with E-state index in [1.54, 1.807) is 21.6 Å². The molecule has 0 aromatic heterocycles. The Morgan fingerprint density at radius 1 is 1.42 bits per heavy atom. The molecule has 0 aliphatic heterocycles. The van der Waals surface area contributed by atoms with Gasteiger partial charge in [-0.25, -0.2) is 0 Å². The summed E-state index contributed by atoms with van der Waals surface area (Å²) in [6, 6.07) is 0. The molecule has 0 radical (unpaired) electrons. The van der Waals surface area contributed by atoms with E-state index in [2.05, 4.69) is 6.58 Å². The Kier molecular flexibility index (Phi) is 9.21. The van der Waals surface area contributed by atoms with Crippen molar-refractivity contribution >= 4 is 27.4 Å². The Morgan fingerprint density at radius 2 is 2.08 bits per heavy atom. The molecular formula is C8H15NOS2. The fraction of sp³-hybridized carbons (Fsp3) is 0.625. The number of hydrogen-bond acceptors (Lipinski definition) is 4. The quantitative estimate of drug-likeness (QED) is 0.373. The summed E-state index contributed by atoms with van der Waals surface area (Å²) in [6.07, 6.45) is 2.95. The summed E-state index contributed by atoms with van der Waals surface area (Å²) < 4.78 is 0. The molecule has 2 nitrogen and oxygen atoms in total. The van der Waals surface area contributed by atoms with Gasteiger partial charge in [-0.1, -0.05) is 28.2 Å². The number of carbonyl (C=O) groups is 1. The van der Waals surface area contributed by atoms with Crippen LogP contribution in [0.1, 0.15) is 12.8 Å². The molecule has 12 heavy (non-hydrogen) atoms. The van der Waals surface area contributed by atoms with Crippen molar-refractivity contribution in [1.29, 1.82) is 0 Å². The lowest BCUT2D eigenvalue weighted by Gasteiger charge is -1.97. The van der Waals surface area contributed by atoms with Gasteiger partial charge in [0.2, 0.25) is 0 Å². The van der Waals surface area contributed by atoms with E-state index in [0.717, 1.165) is 24.5 Å². The standard InChI is InChI=1S/C8H15NOS2/c1-2-8(10)4-3-6-11-12-7-5-9/h2H,1,3-7,9H2. The molecule has 0 saturated carbocycles. The highest BCUT2D eigenvalue weighted by Gasteiger charge is 1.95. The normalized spacial score (nSPS) is 9.75. The van der Waals surface area contributed by atoms with E-state index in [1.807, 2.05) is 0 Å². The monoisotopic (exact) mass is 205 g/mol. The molecular weight excluding hydrogens is 190 g/mol. The third-order valence-corrected chi connectivity index (χ3v) is 3.69. The zero-order valence-electron chi connectivity index (χ0n) is 7.12. The lowest BCUT2D eigenvalue weighted by molar-refractivity contribution is -0.114. The van der Waals surface area contributed by atoms with E-state index >= 15 is 0 Å². The van der Waals surface area contributed by atoms with Crippen LogP contribution in [0.3, 0.4) is 0 Å². The van der Waals surface area contributed by atoms with Gasteiger partial charge in [-0.3, -0.25) is 4.79 Å². The molecule has 4 heteroatoms. The van der Waals surface area contributed by atoms with Gasteiger partial charge in [-0.2, -0.15) is 0 Å². The minimum atomic E-state index is 0.138. The molecule has 0 saturated heterocycles. The van der Waals surface area contributed by atoms with Gasteiger partial charge in [0.05, 0.1) is 0 Å². The largest absolute Gasteiger partial charge is 0.330 e. The van der Waals surface area contributed by atoms with Crippen LogP contribution in [0.15, 0.2) is 12.7 Å². The van der Waals surface area contributed by atoms with Crippen molar-refractivity contribution in [2.75, 3.05) is 18.1 Å². The summed E-state index contributed by atoms with van der Waals surface area (Å²) in [5.74, 6) is 2.14. The second-order valence-corrected chi connectivity index (χ2v) is 4.91. The van der Waals surface area contributed by atoms with Gasteiger partial charge < -0.3 is 5.73 Å². The average Bonchev–Trinajstić information content (AvgIpc) is 2.10. The third kappa shape index (κ3) is 8.17. The number of carbonyl (C=O) groups excluding carboxylic acids is 1. The highest BCUT2D eigenvalue weighted by Crippen LogP contribution is 2.21. The number of ketones is 1. The zero-order valence-corrected chi connectivity index (χ0v) is 8.76. The molecule has 0 aromatic carbocycles. The lowest BCUT2D eigenvalue weighted by Crippen LogP contribution is -2.00. The van der Waals surface area contributed by atoms with Crippen LogP contribution < -0.4 is 5.73 Å². The molecule has 0 amide bonds. The second kappa shape index (κ2) is 9.16. The van der Waals surface area contributed by atoms with E-state index in [4.69, 9.17) is 5.73 Å². The van der Waals surface area contributed by atoms with Crippen LogP contribution >= 0.6 is 21.6 Å². The molecule has 0 bridgehead atoms. The van der Waals surface area contributed by atoms with Gasteiger partial charge in [0.15, 0.2) is 5.78 Å². The Hall–Kier alpha value is 0.0700. The summed E-state index contributed by atoms with van der Waals surface area (Å²) in [7, 11) is 3.55. The minimum absolute atomic E-state index is 0.138. The zero-order chi connectivity index (χ0) is 9.23. The highest BCUT2D eigenvalue weighted by molar-refractivity contribution is 8.76. The SMILES string of the molecule is C=CC(=O)CCCSSCCN. The molecule has 2 N–H and O–H groups in total. The van der Waals surface area contributed by atoms with Crippen molar-refractivity contribution in [2.45, 2.75) is 12.8 Å². The molecule has 0 aromatic rings. The van der Waals surface area contributed by atoms with E-state index < -0.39 is 0 Å². The molecule has 0 unspecified atom stereocenters. The molecule has 0 atom stereocenters. The van der Waals surface area contributed by atoms with Crippen LogP contribution in [0, 0.1) is 0 Å². The van der Waals surface area contributed by atoms with Crippen LogP contribution in [-0.4, -0.2) is 23.8 Å². The maximum absolute atomic E-state index is 10.7. The third-order valence-electron chi connectivity index (χ3n) is 1.16. The Morgan fingerprint density at radius 3 is 2.67 bits per heavy atom. The average molecular weight is 205 g/mol. The van der Waals surface area contributed by atoms with Crippen LogP contribution in [0.25, 0.3) is 0 Å². The predicted molar refractivity (Wildman–Crippen MR) is 58.4 cm³/mol. The van der Waals surface area contributed by atoms with Crippen molar-refractivity contribution in [2.24, 2.45) is 5.73 Å². The predicted octanol–water partition coefficient (Wildman–Crippen LogP) is 1.86. The lowest BCUT2D eigenvalue weighted by atomic mass is 10.2. The first kappa shape index (κ1) is 12.1. The van der Waals surface area contributed by atoms with Gasteiger partial charge in [-0.05, 0) is 12.5 Å². The maximum atomic E-state index is 10.7. The number of hydrogen-bond donors (Lipinski definition) is 1. The van der Waals surface area contributed by atoms with Crippen molar-refractivity contribution in [1.82, 2.24) is 0 Å². The van der Waals surface area contributed by atoms with Gasteiger partial charge in [-0.15, -0.1) is 0 Å². The summed E-state index contributed by atoms with van der Waals surface area (Å²) in [6.45, 7) is 4.14. The fourth-order valence-corrected chi connectivity index (χ4v) is 2.52. The highest BCUT2D eigenvalue weighted by atomic mass is 33.1. The van der Waals surface area contributed by atoms with Gasteiger partial charge in [0.1, 0.15) is 0 Å². The Balaban J connectivity index is 3.00. The minimum Gasteiger partial charge on any atom is -0.330 e. The summed E-state index contributed by atoms with van der Waals surface area (Å²) in [4.78, 5) is 10.7. The van der Waals surface area contributed by atoms with E-state index in [0.29, 0.717) is 6.42 Å². The smallest absolute Gasteiger partial charge is 0.155 e. The molecule has 0 rings (SSSR count). The van der Waals surface area contributed by atoms with Crippen molar-refractivity contribution < 1.29 is 4.79 Å². The van der Waals surface area contributed by atoms with Crippen LogP contribution in [0.5, 0.6) is 0 Å². The van der Waals surface area contributed by atoms with Crippen molar-refractivity contribution in [3.8, 4) is 0 Å². The van der Waals surface area contributed by atoms with E-state index in [1.165, 1.54) is 6.08 Å². The van der Waals surface area contributed by atoms with Crippen molar-refractivity contribution in [3.05, 3.63) is 12.7 Å². The summed E-state index contributed by atoms with van der Waals surface area (Å²) in [5.41, 5.74) is 5.31. The van der Waals surface area contributed by atoms with Crippen LogP contribution in [-0.2, 0) is 4.79 Å². The van der Waals surface area contributed by atoms with E-state index in [9.17, 15) is 4.79 Å². The molecule has 0 spiro atoms. The molecule has 0 heterocycles. The van der Waals surface area contributed by atoms with Crippen LogP contribution in [0.4, 0.5) is 0 Å². The molecule has 0 aliphatic carbocycles. The molecule has 0 aliphatic rings. The van der Waals surface area contributed by atoms with Crippen molar-refractivity contribution in [3.63, 3.8) is 0 Å². The molecule has 0 fully saturated rings. The van der Waals surface area contributed by atoms with Gasteiger partial charge in [0.25, 0.3) is 0 Å². The Labute approximate surface area is 81.8 Å². The number of rotatable bonds is 8. The first-order valence-corrected chi connectivity index (χ1v) is 6.39. The van der Waals surface area contributed by atoms with Gasteiger partial charge in [0, 0.05) is 24.5 Å². The summed E-state index contributed by atoms with van der Waals surface area (Å²) in [5, 5.41) is 0. The number of allylic oxidation sites excluding steroid dienone is 1. The Bertz CT molecular complexity index is 139. The van der Waals surface area contributed by atoms with Crippen LogP contribution in [0.2, 0.25) is 0 Å².